The first-order valence-electron chi connectivity index (χ1n) is 7.00. The van der Waals surface area contributed by atoms with Crippen molar-refractivity contribution in [3.05, 3.63) is 0 Å². The molecule has 116 valence electrons. The number of amides is 2. The van der Waals surface area contributed by atoms with E-state index in [-0.39, 0.29) is 18.7 Å². The molecule has 2 N–H and O–H groups in total. The van der Waals surface area contributed by atoms with Crippen LogP contribution in [-0.2, 0) is 9.53 Å². The van der Waals surface area contributed by atoms with Gasteiger partial charge in [-0.25, -0.2) is 9.59 Å². The number of urea groups is 1. The smallest absolute Gasteiger partial charge is 0.329 e. The van der Waals surface area contributed by atoms with Gasteiger partial charge >= 0.3 is 12.0 Å². The van der Waals surface area contributed by atoms with Gasteiger partial charge in [0.05, 0.1) is 6.10 Å². The average Bonchev–Trinajstić information content (AvgIpc) is 2.41. The summed E-state index contributed by atoms with van der Waals surface area (Å²) in [5.74, 6) is -0.953. The van der Waals surface area contributed by atoms with Crippen molar-refractivity contribution in [2.24, 2.45) is 0 Å². The number of nitrogens with zero attached hydrogens (tertiary/aromatic N) is 2. The van der Waals surface area contributed by atoms with E-state index in [0.717, 1.165) is 13.0 Å². The molecule has 1 fully saturated rings. The summed E-state index contributed by atoms with van der Waals surface area (Å²) in [6, 6.07) is -0.0413. The Kier molecular flexibility index (Phi) is 7.32. The molecule has 0 aliphatic carbocycles. The number of rotatable bonds is 7. The fourth-order valence-corrected chi connectivity index (χ4v) is 2.12. The van der Waals surface area contributed by atoms with Gasteiger partial charge in [-0.05, 0) is 39.9 Å². The maximum atomic E-state index is 11.9. The number of ether oxygens (including phenoxy) is 1. The Morgan fingerprint density at radius 3 is 2.55 bits per heavy atom. The Morgan fingerprint density at radius 1 is 1.35 bits per heavy atom. The molecule has 0 unspecified atom stereocenters. The zero-order valence-electron chi connectivity index (χ0n) is 12.3. The first kappa shape index (κ1) is 16.7. The number of piperidine rings is 1. The monoisotopic (exact) mass is 287 g/mol. The third-order valence-corrected chi connectivity index (χ3v) is 3.23. The third kappa shape index (κ3) is 6.72. The van der Waals surface area contributed by atoms with Crippen molar-refractivity contribution in [1.82, 2.24) is 15.1 Å². The molecular formula is C13H25N3O4. The number of likely N-dealkylation sites (tertiary alicyclic amines) is 1. The average molecular weight is 287 g/mol. The molecule has 1 heterocycles. The van der Waals surface area contributed by atoms with Crippen LogP contribution in [0.1, 0.15) is 19.3 Å². The summed E-state index contributed by atoms with van der Waals surface area (Å²) < 4.78 is 5.23. The molecule has 1 rings (SSSR count). The van der Waals surface area contributed by atoms with Crippen molar-refractivity contribution in [3.8, 4) is 0 Å². The fraction of sp³-hybridized carbons (Fsp3) is 0.846. The van der Waals surface area contributed by atoms with Crippen molar-refractivity contribution in [1.29, 1.82) is 0 Å². The number of aliphatic carboxylic acids is 1. The van der Waals surface area contributed by atoms with Gasteiger partial charge < -0.3 is 25.0 Å². The highest BCUT2D eigenvalue weighted by atomic mass is 16.5. The highest BCUT2D eigenvalue weighted by Crippen LogP contribution is 2.13. The largest absolute Gasteiger partial charge is 0.480 e. The van der Waals surface area contributed by atoms with Crippen molar-refractivity contribution >= 4 is 12.0 Å². The van der Waals surface area contributed by atoms with Crippen LogP contribution in [0.25, 0.3) is 0 Å². The van der Waals surface area contributed by atoms with Gasteiger partial charge in [0.25, 0.3) is 0 Å². The summed E-state index contributed by atoms with van der Waals surface area (Å²) >= 11 is 0. The molecular weight excluding hydrogens is 262 g/mol. The minimum atomic E-state index is -0.953. The van der Waals surface area contributed by atoms with E-state index in [2.05, 4.69) is 10.2 Å². The molecule has 1 saturated heterocycles. The van der Waals surface area contributed by atoms with Gasteiger partial charge in [0.1, 0.15) is 6.61 Å². The molecule has 0 atom stereocenters. The lowest BCUT2D eigenvalue weighted by atomic mass is 10.1. The van der Waals surface area contributed by atoms with E-state index < -0.39 is 5.97 Å². The predicted octanol–water partition coefficient (Wildman–Crippen LogP) is 0.213. The molecule has 0 aromatic carbocycles. The van der Waals surface area contributed by atoms with Gasteiger partial charge in [0, 0.05) is 19.6 Å². The van der Waals surface area contributed by atoms with Crippen LogP contribution in [0.2, 0.25) is 0 Å². The van der Waals surface area contributed by atoms with E-state index in [9.17, 15) is 9.59 Å². The predicted molar refractivity (Wildman–Crippen MR) is 74.8 cm³/mol. The van der Waals surface area contributed by atoms with E-state index in [0.29, 0.717) is 32.5 Å². The first-order valence-corrected chi connectivity index (χ1v) is 7.00. The van der Waals surface area contributed by atoms with Crippen LogP contribution in [0, 0.1) is 0 Å². The molecule has 7 nitrogen and oxygen atoms in total. The van der Waals surface area contributed by atoms with Crippen molar-refractivity contribution in [2.75, 3.05) is 46.9 Å². The Bertz CT molecular complexity index is 315. The van der Waals surface area contributed by atoms with Gasteiger partial charge in [-0.3, -0.25) is 0 Å². The highest BCUT2D eigenvalue weighted by molar-refractivity contribution is 5.74. The van der Waals surface area contributed by atoms with Crippen LogP contribution in [0.5, 0.6) is 0 Å². The molecule has 20 heavy (non-hydrogen) atoms. The summed E-state index contributed by atoms with van der Waals surface area (Å²) in [5, 5.41) is 11.4. The van der Waals surface area contributed by atoms with Gasteiger partial charge in [0.2, 0.25) is 0 Å². The summed E-state index contributed by atoms with van der Waals surface area (Å²) in [7, 11) is 4.01. The Labute approximate surface area is 119 Å². The number of carbonyl (C=O) groups is 2. The maximum absolute atomic E-state index is 11.9. The van der Waals surface area contributed by atoms with Gasteiger partial charge in [0.15, 0.2) is 0 Å². The summed E-state index contributed by atoms with van der Waals surface area (Å²) in [6.07, 6.45) is 2.26. The van der Waals surface area contributed by atoms with Crippen LogP contribution in [0.15, 0.2) is 0 Å². The lowest BCUT2D eigenvalue weighted by molar-refractivity contribution is -0.145. The maximum Gasteiger partial charge on any atom is 0.329 e. The van der Waals surface area contributed by atoms with Crippen LogP contribution in [0.3, 0.4) is 0 Å². The number of hydrogen-bond acceptors (Lipinski definition) is 4. The van der Waals surface area contributed by atoms with Crippen LogP contribution in [-0.4, -0.2) is 79.9 Å². The molecule has 2 amide bonds. The zero-order valence-corrected chi connectivity index (χ0v) is 12.3. The molecule has 0 bridgehead atoms. The zero-order chi connectivity index (χ0) is 15.0. The quantitative estimate of drug-likeness (QED) is 0.654. The first-order chi connectivity index (χ1) is 9.49. The Morgan fingerprint density at radius 2 is 2.00 bits per heavy atom. The number of carboxylic acids is 1. The van der Waals surface area contributed by atoms with E-state index in [1.165, 1.54) is 0 Å². The Balaban J connectivity index is 2.14. The van der Waals surface area contributed by atoms with Gasteiger partial charge in [-0.15, -0.1) is 0 Å². The number of carboxylic acid groups (broad SMARTS) is 1. The number of hydrogen-bond donors (Lipinski definition) is 2. The fourth-order valence-electron chi connectivity index (χ4n) is 2.12. The van der Waals surface area contributed by atoms with E-state index in [1.807, 2.05) is 14.1 Å². The summed E-state index contributed by atoms with van der Waals surface area (Å²) in [6.45, 7) is 2.59. The van der Waals surface area contributed by atoms with Gasteiger partial charge in [-0.2, -0.15) is 0 Å². The SMILES string of the molecule is CN(C)CCCNC(=O)N1CCC(OCC(=O)O)CC1. The minimum absolute atomic E-state index is 0.0413. The second kappa shape index (κ2) is 8.76. The second-order valence-corrected chi connectivity index (χ2v) is 5.28. The Hall–Kier alpha value is -1.34. The molecule has 0 aromatic rings. The molecule has 1 aliphatic rings. The molecule has 7 heteroatoms. The standard InChI is InChI=1S/C13H25N3O4/c1-15(2)7-3-6-14-13(19)16-8-4-11(5-9-16)20-10-12(17)18/h11H,3-10H2,1-2H3,(H,14,19)(H,17,18). The number of carbonyl (C=O) groups excluding carboxylic acids is 1. The molecule has 1 aliphatic heterocycles. The van der Waals surface area contributed by atoms with E-state index in [1.54, 1.807) is 4.90 Å². The van der Waals surface area contributed by atoms with E-state index >= 15 is 0 Å². The lowest BCUT2D eigenvalue weighted by Gasteiger charge is -2.31. The topological polar surface area (TPSA) is 82.1 Å². The number of nitrogens with one attached hydrogen (secondary N) is 1. The molecule has 0 radical (unpaired) electrons. The summed E-state index contributed by atoms with van der Waals surface area (Å²) in [4.78, 5) is 26.1. The van der Waals surface area contributed by atoms with Crippen LogP contribution >= 0.6 is 0 Å². The van der Waals surface area contributed by atoms with Crippen molar-refractivity contribution in [3.63, 3.8) is 0 Å². The van der Waals surface area contributed by atoms with Crippen molar-refractivity contribution < 1.29 is 19.4 Å². The molecule has 0 aromatic heterocycles. The van der Waals surface area contributed by atoms with Gasteiger partial charge in [-0.1, -0.05) is 0 Å². The normalized spacial score (nSPS) is 16.4. The molecule has 0 spiro atoms. The van der Waals surface area contributed by atoms with Crippen molar-refractivity contribution in [2.45, 2.75) is 25.4 Å². The minimum Gasteiger partial charge on any atom is -0.480 e. The second-order valence-electron chi connectivity index (χ2n) is 5.28. The van der Waals surface area contributed by atoms with Crippen LogP contribution in [0.4, 0.5) is 4.79 Å². The van der Waals surface area contributed by atoms with E-state index in [4.69, 9.17) is 9.84 Å². The van der Waals surface area contributed by atoms with Crippen LogP contribution < -0.4 is 5.32 Å². The third-order valence-electron chi connectivity index (χ3n) is 3.23. The molecule has 0 saturated carbocycles. The summed E-state index contributed by atoms with van der Waals surface area (Å²) in [5.41, 5.74) is 0. The lowest BCUT2D eigenvalue weighted by Crippen LogP contribution is -2.46. The highest BCUT2D eigenvalue weighted by Gasteiger charge is 2.23.